The second-order valence-corrected chi connectivity index (χ2v) is 7.36. The van der Waals surface area contributed by atoms with Crippen LogP contribution in [0.25, 0.3) is 21.9 Å². The molecular formula is C25H19N3O. The minimum Gasteiger partial charge on any atom is -0.456 e. The zero-order valence-corrected chi connectivity index (χ0v) is 16.0. The van der Waals surface area contributed by atoms with Crippen molar-refractivity contribution in [3.63, 3.8) is 0 Å². The zero-order chi connectivity index (χ0) is 19.4. The second-order valence-electron chi connectivity index (χ2n) is 7.36. The highest BCUT2D eigenvalue weighted by Crippen LogP contribution is 2.45. The van der Waals surface area contributed by atoms with Crippen LogP contribution >= 0.6 is 0 Å². The third-order valence-electron chi connectivity index (χ3n) is 5.72. The van der Waals surface area contributed by atoms with E-state index in [1.54, 1.807) is 0 Å². The van der Waals surface area contributed by atoms with E-state index in [4.69, 9.17) is 4.42 Å². The average molecular weight is 377 g/mol. The van der Waals surface area contributed by atoms with E-state index in [0.29, 0.717) is 6.67 Å². The maximum Gasteiger partial charge on any atom is 0.158 e. The van der Waals surface area contributed by atoms with Crippen LogP contribution in [0, 0.1) is 6.92 Å². The number of aromatic nitrogens is 1. The molecule has 0 radical (unpaired) electrons. The molecule has 0 amide bonds. The van der Waals surface area contributed by atoms with Gasteiger partial charge in [0.05, 0.1) is 5.69 Å². The number of para-hydroxylation sites is 2. The van der Waals surface area contributed by atoms with Crippen molar-refractivity contribution >= 4 is 44.8 Å². The first-order chi connectivity index (χ1) is 14.3. The Bertz CT molecular complexity index is 1360. The summed E-state index contributed by atoms with van der Waals surface area (Å²) >= 11 is 0. The Morgan fingerprint density at radius 2 is 1.59 bits per heavy atom. The molecule has 0 fully saturated rings. The molecule has 0 unspecified atom stereocenters. The highest BCUT2D eigenvalue weighted by atomic mass is 16.3. The van der Waals surface area contributed by atoms with Gasteiger partial charge in [0, 0.05) is 33.9 Å². The van der Waals surface area contributed by atoms with Gasteiger partial charge in [0.15, 0.2) is 5.82 Å². The lowest BCUT2D eigenvalue weighted by atomic mass is 10.1. The molecule has 3 heterocycles. The first-order valence-corrected chi connectivity index (χ1v) is 9.77. The maximum atomic E-state index is 6.23. The zero-order valence-electron chi connectivity index (χ0n) is 16.0. The van der Waals surface area contributed by atoms with Crippen LogP contribution < -0.4 is 9.80 Å². The number of rotatable bonds is 2. The van der Waals surface area contributed by atoms with Crippen molar-refractivity contribution in [3.05, 3.63) is 90.6 Å². The van der Waals surface area contributed by atoms with E-state index in [9.17, 15) is 0 Å². The van der Waals surface area contributed by atoms with E-state index in [1.165, 1.54) is 0 Å². The minimum atomic E-state index is 0.711. The third-order valence-corrected chi connectivity index (χ3v) is 5.72. The van der Waals surface area contributed by atoms with Crippen molar-refractivity contribution in [1.29, 1.82) is 0 Å². The van der Waals surface area contributed by atoms with Gasteiger partial charge in [-0.2, -0.15) is 0 Å². The molecule has 0 bridgehead atoms. The smallest absolute Gasteiger partial charge is 0.158 e. The van der Waals surface area contributed by atoms with Gasteiger partial charge in [-0.25, -0.2) is 4.98 Å². The van der Waals surface area contributed by atoms with Crippen LogP contribution in [0.2, 0.25) is 0 Å². The Morgan fingerprint density at radius 1 is 0.759 bits per heavy atom. The van der Waals surface area contributed by atoms with Crippen LogP contribution in [-0.4, -0.2) is 11.7 Å². The highest BCUT2D eigenvalue weighted by Gasteiger charge is 2.30. The summed E-state index contributed by atoms with van der Waals surface area (Å²) in [4.78, 5) is 9.24. The number of aryl methyl sites for hydroxylation is 1. The normalized spacial score (nSPS) is 13.4. The summed E-state index contributed by atoms with van der Waals surface area (Å²) in [6.07, 6.45) is 1.85. The van der Waals surface area contributed by atoms with E-state index in [0.717, 1.165) is 50.4 Å². The standard InChI is InChI=1S/C25H19N3O/c1-17-21(14-13-20-19-10-5-6-12-23(19)29-24(17)20)28-16-27(18-8-3-2-4-9-18)25-22(28)11-7-15-26-25/h2-15H,16H2,1H3. The van der Waals surface area contributed by atoms with Gasteiger partial charge >= 0.3 is 0 Å². The first-order valence-electron chi connectivity index (χ1n) is 9.77. The fourth-order valence-corrected chi connectivity index (χ4v) is 4.31. The van der Waals surface area contributed by atoms with Crippen molar-refractivity contribution in [2.24, 2.45) is 0 Å². The number of hydrogen-bond donors (Lipinski definition) is 0. The van der Waals surface area contributed by atoms with Crippen LogP contribution in [0.5, 0.6) is 0 Å². The number of benzene rings is 3. The minimum absolute atomic E-state index is 0.711. The van der Waals surface area contributed by atoms with Crippen molar-refractivity contribution in [2.45, 2.75) is 6.92 Å². The van der Waals surface area contributed by atoms with Crippen molar-refractivity contribution in [1.82, 2.24) is 4.98 Å². The molecule has 2 aromatic heterocycles. The summed E-state index contributed by atoms with van der Waals surface area (Å²) in [5.41, 5.74) is 6.41. The Kier molecular flexibility index (Phi) is 3.41. The molecule has 4 nitrogen and oxygen atoms in total. The molecule has 0 saturated heterocycles. The molecule has 0 spiro atoms. The van der Waals surface area contributed by atoms with E-state index < -0.39 is 0 Å². The van der Waals surface area contributed by atoms with E-state index >= 15 is 0 Å². The van der Waals surface area contributed by atoms with Gasteiger partial charge in [0.25, 0.3) is 0 Å². The monoisotopic (exact) mass is 377 g/mol. The molecule has 0 N–H and O–H groups in total. The summed E-state index contributed by atoms with van der Waals surface area (Å²) in [7, 11) is 0. The summed E-state index contributed by atoms with van der Waals surface area (Å²) in [5, 5.41) is 2.32. The number of pyridine rings is 1. The molecule has 0 saturated carbocycles. The molecule has 29 heavy (non-hydrogen) atoms. The average Bonchev–Trinajstić information content (AvgIpc) is 3.34. The SMILES string of the molecule is Cc1c(N2CN(c3ccccc3)c3ncccc32)ccc2c1oc1ccccc12. The van der Waals surface area contributed by atoms with Gasteiger partial charge in [-0.05, 0) is 49.4 Å². The summed E-state index contributed by atoms with van der Waals surface area (Å²) in [6, 6.07) is 27.1. The quantitative estimate of drug-likeness (QED) is 0.350. The van der Waals surface area contributed by atoms with Gasteiger partial charge in [0.2, 0.25) is 0 Å². The molecule has 5 aromatic rings. The lowest BCUT2D eigenvalue weighted by Crippen LogP contribution is -2.24. The number of fused-ring (bicyclic) bond motifs is 4. The molecule has 4 heteroatoms. The second kappa shape index (κ2) is 6.11. The third kappa shape index (κ3) is 2.36. The molecule has 0 atom stereocenters. The molecule has 6 rings (SSSR count). The van der Waals surface area contributed by atoms with Crippen molar-refractivity contribution in [3.8, 4) is 0 Å². The van der Waals surface area contributed by atoms with Crippen LogP contribution in [0.3, 0.4) is 0 Å². The van der Waals surface area contributed by atoms with Crippen molar-refractivity contribution < 1.29 is 4.42 Å². The van der Waals surface area contributed by atoms with Crippen LogP contribution in [0.1, 0.15) is 5.56 Å². The molecule has 3 aromatic carbocycles. The summed E-state index contributed by atoms with van der Waals surface area (Å²) < 4.78 is 6.23. The van der Waals surface area contributed by atoms with Gasteiger partial charge in [-0.3, -0.25) is 0 Å². The molecule has 1 aliphatic rings. The number of furan rings is 1. The van der Waals surface area contributed by atoms with Crippen LogP contribution in [0.4, 0.5) is 22.9 Å². The van der Waals surface area contributed by atoms with E-state index in [2.05, 4.69) is 76.3 Å². The van der Waals surface area contributed by atoms with Crippen molar-refractivity contribution in [2.75, 3.05) is 16.5 Å². The summed E-state index contributed by atoms with van der Waals surface area (Å²) in [6.45, 7) is 2.85. The van der Waals surface area contributed by atoms with Gasteiger partial charge in [-0.1, -0.05) is 36.4 Å². The largest absolute Gasteiger partial charge is 0.456 e. The first kappa shape index (κ1) is 16.2. The Morgan fingerprint density at radius 3 is 2.48 bits per heavy atom. The predicted molar refractivity (Wildman–Crippen MR) is 118 cm³/mol. The number of nitrogens with zero attached hydrogens (tertiary/aromatic N) is 3. The maximum absolute atomic E-state index is 6.23. The Hall–Kier alpha value is -3.79. The molecule has 140 valence electrons. The lowest BCUT2D eigenvalue weighted by Gasteiger charge is -2.23. The van der Waals surface area contributed by atoms with Crippen LogP contribution in [0.15, 0.2) is 89.5 Å². The summed E-state index contributed by atoms with van der Waals surface area (Å²) in [5.74, 6) is 0.975. The number of hydrogen-bond acceptors (Lipinski definition) is 4. The highest BCUT2D eigenvalue weighted by molar-refractivity contribution is 6.07. The molecule has 0 aliphatic carbocycles. The lowest BCUT2D eigenvalue weighted by molar-refractivity contribution is 0.665. The van der Waals surface area contributed by atoms with E-state index in [-0.39, 0.29) is 0 Å². The Labute approximate surface area is 168 Å². The fraction of sp³-hybridized carbons (Fsp3) is 0.0800. The van der Waals surface area contributed by atoms with Gasteiger partial charge < -0.3 is 14.2 Å². The topological polar surface area (TPSA) is 32.5 Å². The van der Waals surface area contributed by atoms with Gasteiger partial charge in [-0.15, -0.1) is 0 Å². The van der Waals surface area contributed by atoms with Gasteiger partial charge in [0.1, 0.15) is 17.8 Å². The predicted octanol–water partition coefficient (Wildman–Crippen LogP) is 6.54. The molecule has 1 aliphatic heterocycles. The molecular weight excluding hydrogens is 358 g/mol. The Balaban J connectivity index is 1.52. The van der Waals surface area contributed by atoms with Crippen LogP contribution in [-0.2, 0) is 0 Å². The number of anilines is 4. The van der Waals surface area contributed by atoms with E-state index in [1.807, 2.05) is 30.5 Å². The fourth-order valence-electron chi connectivity index (χ4n) is 4.31.